The van der Waals surface area contributed by atoms with E-state index in [9.17, 15) is 9.18 Å². The van der Waals surface area contributed by atoms with Crippen molar-refractivity contribution in [2.24, 2.45) is 0 Å². The molecule has 4 rings (SSSR count). The van der Waals surface area contributed by atoms with E-state index in [0.29, 0.717) is 39.7 Å². The van der Waals surface area contributed by atoms with Crippen LogP contribution in [-0.2, 0) is 23.4 Å². The van der Waals surface area contributed by atoms with E-state index in [-0.39, 0.29) is 18.1 Å². The average Bonchev–Trinajstić information content (AvgIpc) is 3.26. The van der Waals surface area contributed by atoms with E-state index in [1.165, 1.54) is 29.5 Å². The van der Waals surface area contributed by atoms with Gasteiger partial charge in [-0.15, -0.1) is 10.2 Å². The zero-order valence-electron chi connectivity index (χ0n) is 18.8. The van der Waals surface area contributed by atoms with Crippen LogP contribution < -0.4 is 5.32 Å². The summed E-state index contributed by atoms with van der Waals surface area (Å²) in [7, 11) is 0. The molecule has 0 fully saturated rings. The monoisotopic (exact) mass is 528 g/mol. The van der Waals surface area contributed by atoms with Crippen molar-refractivity contribution in [3.05, 3.63) is 106 Å². The number of hydrogen-bond acceptors (Lipinski definition) is 4. The molecule has 0 radical (unpaired) electrons. The van der Waals surface area contributed by atoms with Gasteiger partial charge in [0.15, 0.2) is 5.16 Å². The third-order valence-corrected chi connectivity index (χ3v) is 6.86. The Morgan fingerprint density at radius 3 is 2.57 bits per heavy atom. The van der Waals surface area contributed by atoms with Gasteiger partial charge in [-0.25, -0.2) is 4.39 Å². The van der Waals surface area contributed by atoms with Gasteiger partial charge in [0.25, 0.3) is 0 Å². The summed E-state index contributed by atoms with van der Waals surface area (Å²) in [5.41, 5.74) is 2.77. The van der Waals surface area contributed by atoms with Gasteiger partial charge in [0, 0.05) is 35.2 Å². The molecule has 0 bridgehead atoms. The van der Waals surface area contributed by atoms with E-state index in [1.807, 2.05) is 53.1 Å². The number of nitrogens with zero attached hydrogens (tertiary/aromatic N) is 3. The Hall–Kier alpha value is -2.87. The van der Waals surface area contributed by atoms with Crippen molar-refractivity contribution in [1.82, 2.24) is 20.1 Å². The minimum atomic E-state index is -0.379. The van der Waals surface area contributed by atoms with E-state index in [1.54, 1.807) is 12.1 Å². The lowest BCUT2D eigenvalue weighted by molar-refractivity contribution is -0.121. The molecule has 1 amide bonds. The van der Waals surface area contributed by atoms with Crippen LogP contribution in [0, 0.1) is 5.82 Å². The van der Waals surface area contributed by atoms with Gasteiger partial charge < -0.3 is 5.32 Å². The second-order valence-electron chi connectivity index (χ2n) is 7.82. The minimum absolute atomic E-state index is 0.0473. The van der Waals surface area contributed by atoms with E-state index >= 15 is 0 Å². The summed E-state index contributed by atoms with van der Waals surface area (Å²) in [6, 6.07) is 21.7. The average molecular weight is 529 g/mol. The molecule has 0 saturated carbocycles. The van der Waals surface area contributed by atoms with Gasteiger partial charge in [0.1, 0.15) is 11.6 Å². The Kier molecular flexibility index (Phi) is 8.79. The molecule has 0 atom stereocenters. The molecule has 4 aromatic rings. The summed E-state index contributed by atoms with van der Waals surface area (Å²) >= 11 is 13.8. The topological polar surface area (TPSA) is 59.8 Å². The maximum Gasteiger partial charge on any atom is 0.220 e. The Labute approximate surface area is 217 Å². The van der Waals surface area contributed by atoms with Gasteiger partial charge in [-0.1, -0.05) is 77.4 Å². The van der Waals surface area contributed by atoms with E-state index < -0.39 is 0 Å². The number of halogens is 3. The number of amides is 1. The molecular formula is C26H23Cl2FN4OS. The van der Waals surface area contributed by atoms with Crippen molar-refractivity contribution in [3.8, 4) is 5.69 Å². The van der Waals surface area contributed by atoms with Crippen molar-refractivity contribution in [2.75, 3.05) is 6.54 Å². The molecule has 1 N–H and O–H groups in total. The maximum absolute atomic E-state index is 13.4. The summed E-state index contributed by atoms with van der Waals surface area (Å²) < 4.78 is 15.3. The van der Waals surface area contributed by atoms with Gasteiger partial charge in [0.05, 0.1) is 5.69 Å². The predicted molar refractivity (Wildman–Crippen MR) is 139 cm³/mol. The first-order valence-corrected chi connectivity index (χ1v) is 12.8. The number of rotatable bonds is 10. The van der Waals surface area contributed by atoms with Crippen molar-refractivity contribution in [2.45, 2.75) is 30.2 Å². The summed E-state index contributed by atoms with van der Waals surface area (Å²) in [4.78, 5) is 12.5. The van der Waals surface area contributed by atoms with Gasteiger partial charge in [-0.05, 0) is 47.9 Å². The van der Waals surface area contributed by atoms with Crippen molar-refractivity contribution < 1.29 is 9.18 Å². The third-order valence-electron chi connectivity index (χ3n) is 5.29. The summed E-state index contributed by atoms with van der Waals surface area (Å²) in [5, 5.41) is 13.2. The lowest BCUT2D eigenvalue weighted by Gasteiger charge is -2.11. The molecule has 0 aliphatic carbocycles. The third kappa shape index (κ3) is 7.07. The molecule has 3 aromatic carbocycles. The highest BCUT2D eigenvalue weighted by Gasteiger charge is 2.17. The first kappa shape index (κ1) is 25.2. The first-order chi connectivity index (χ1) is 17.0. The molecule has 0 spiro atoms. The molecule has 9 heteroatoms. The molecular weight excluding hydrogens is 506 g/mol. The lowest BCUT2D eigenvalue weighted by atomic mass is 10.1. The van der Waals surface area contributed by atoms with Crippen LogP contribution in [0.25, 0.3) is 5.69 Å². The standard InChI is InChI=1S/C26H23Cl2FN4OS/c27-20-7-4-8-22(15-20)33-24(11-12-25(34)30-14-13-18-5-2-1-3-6-18)31-32-26(33)35-17-19-9-10-21(29)16-23(19)28/h1-10,15-16H,11-14,17H2,(H,30,34). The quantitative estimate of drug-likeness (QED) is 0.245. The number of carbonyl (C=O) groups is 1. The van der Waals surface area contributed by atoms with Gasteiger partial charge in [-0.3, -0.25) is 9.36 Å². The van der Waals surface area contributed by atoms with E-state index in [2.05, 4.69) is 15.5 Å². The zero-order chi connectivity index (χ0) is 24.6. The Morgan fingerprint density at radius 2 is 1.80 bits per heavy atom. The van der Waals surface area contributed by atoms with Gasteiger partial charge in [-0.2, -0.15) is 0 Å². The van der Waals surface area contributed by atoms with Crippen LogP contribution in [-0.4, -0.2) is 27.2 Å². The van der Waals surface area contributed by atoms with Crippen molar-refractivity contribution in [3.63, 3.8) is 0 Å². The Bertz CT molecular complexity index is 1300. The summed E-state index contributed by atoms with van der Waals surface area (Å²) in [6.45, 7) is 0.573. The fourth-order valence-corrected chi connectivity index (χ4v) is 4.99. The van der Waals surface area contributed by atoms with Gasteiger partial charge >= 0.3 is 0 Å². The predicted octanol–water partition coefficient (Wildman–Crippen LogP) is 6.30. The molecule has 1 heterocycles. The van der Waals surface area contributed by atoms with Crippen LogP contribution >= 0.6 is 35.0 Å². The smallest absolute Gasteiger partial charge is 0.220 e. The van der Waals surface area contributed by atoms with Crippen LogP contribution in [0.1, 0.15) is 23.4 Å². The zero-order valence-corrected chi connectivity index (χ0v) is 21.1. The molecule has 1 aromatic heterocycles. The maximum atomic E-state index is 13.4. The highest BCUT2D eigenvalue weighted by Crippen LogP contribution is 2.29. The fourth-order valence-electron chi connectivity index (χ4n) is 3.52. The number of nitrogens with one attached hydrogen (secondary N) is 1. The van der Waals surface area contributed by atoms with Crippen LogP contribution in [0.5, 0.6) is 0 Å². The molecule has 35 heavy (non-hydrogen) atoms. The number of carbonyl (C=O) groups excluding carboxylic acids is 1. The first-order valence-electron chi connectivity index (χ1n) is 11.1. The summed E-state index contributed by atoms with van der Waals surface area (Å²) in [5.74, 6) is 0.708. The fraction of sp³-hybridized carbons (Fsp3) is 0.192. The largest absolute Gasteiger partial charge is 0.356 e. The normalized spacial score (nSPS) is 10.9. The van der Waals surface area contributed by atoms with Crippen LogP contribution in [0.4, 0.5) is 4.39 Å². The van der Waals surface area contributed by atoms with Crippen molar-refractivity contribution >= 4 is 40.9 Å². The van der Waals surface area contributed by atoms with Crippen LogP contribution in [0.3, 0.4) is 0 Å². The lowest BCUT2D eigenvalue weighted by Crippen LogP contribution is -2.26. The van der Waals surface area contributed by atoms with Gasteiger partial charge in [0.2, 0.25) is 5.91 Å². The van der Waals surface area contributed by atoms with E-state index in [4.69, 9.17) is 23.2 Å². The highest BCUT2D eigenvalue weighted by molar-refractivity contribution is 7.98. The van der Waals surface area contributed by atoms with E-state index in [0.717, 1.165) is 17.7 Å². The Morgan fingerprint density at radius 1 is 0.971 bits per heavy atom. The number of hydrogen-bond donors (Lipinski definition) is 1. The number of aryl methyl sites for hydroxylation is 1. The molecule has 5 nitrogen and oxygen atoms in total. The number of aromatic nitrogens is 3. The minimum Gasteiger partial charge on any atom is -0.356 e. The molecule has 0 aliphatic rings. The molecule has 0 aliphatic heterocycles. The summed E-state index contributed by atoms with van der Waals surface area (Å²) in [6.07, 6.45) is 1.47. The van der Waals surface area contributed by atoms with Crippen molar-refractivity contribution in [1.29, 1.82) is 0 Å². The molecule has 0 unspecified atom stereocenters. The highest BCUT2D eigenvalue weighted by atomic mass is 35.5. The Balaban J connectivity index is 1.44. The number of benzene rings is 3. The second-order valence-corrected chi connectivity index (χ2v) is 9.61. The van der Waals surface area contributed by atoms with Crippen LogP contribution in [0.2, 0.25) is 10.0 Å². The second kappa shape index (κ2) is 12.2. The number of thioether (sulfide) groups is 1. The molecule has 0 saturated heterocycles. The van der Waals surface area contributed by atoms with Crippen LogP contribution in [0.15, 0.2) is 78.0 Å². The SMILES string of the molecule is O=C(CCc1nnc(SCc2ccc(F)cc2Cl)n1-c1cccc(Cl)c1)NCCc1ccccc1. The molecule has 180 valence electrons.